The molecule has 0 spiro atoms. The lowest BCUT2D eigenvalue weighted by molar-refractivity contribution is -0.140. The summed E-state index contributed by atoms with van der Waals surface area (Å²) in [5, 5.41) is 19.0. The van der Waals surface area contributed by atoms with Gasteiger partial charge in [-0.15, -0.1) is 22.7 Å². The van der Waals surface area contributed by atoms with E-state index in [1.54, 1.807) is 7.05 Å². The number of aliphatic imine (C=N–C) groups is 1. The van der Waals surface area contributed by atoms with E-state index in [4.69, 9.17) is 0 Å². The molecule has 1 atom stereocenters. The van der Waals surface area contributed by atoms with E-state index in [1.165, 1.54) is 11.3 Å². The molecule has 10 heteroatoms. The zero-order valence-corrected chi connectivity index (χ0v) is 16.6. The van der Waals surface area contributed by atoms with E-state index >= 15 is 0 Å². The molecular formula is C18H19F3N4OS2. The zero-order valence-electron chi connectivity index (χ0n) is 15.0. The number of rotatable bonds is 6. The minimum absolute atomic E-state index is 0.266. The Bertz CT molecular complexity index is 919. The van der Waals surface area contributed by atoms with Crippen LogP contribution in [0.15, 0.2) is 40.7 Å². The van der Waals surface area contributed by atoms with Gasteiger partial charge in [-0.25, -0.2) is 4.98 Å². The third-order valence-electron chi connectivity index (χ3n) is 3.93. The maximum atomic E-state index is 12.6. The fourth-order valence-electron chi connectivity index (χ4n) is 2.52. The summed E-state index contributed by atoms with van der Waals surface area (Å²) in [5.41, 5.74) is -0.860. The van der Waals surface area contributed by atoms with Crippen LogP contribution in [0, 0.1) is 0 Å². The molecule has 3 N–H and O–H groups in total. The largest absolute Gasteiger partial charge is 0.434 e. The van der Waals surface area contributed by atoms with Crippen molar-refractivity contribution in [2.24, 2.45) is 4.99 Å². The Morgan fingerprint density at radius 1 is 1.29 bits per heavy atom. The van der Waals surface area contributed by atoms with Gasteiger partial charge < -0.3 is 15.7 Å². The number of benzene rings is 1. The molecule has 2 aromatic heterocycles. The summed E-state index contributed by atoms with van der Waals surface area (Å²) < 4.78 is 38.8. The number of fused-ring (bicyclic) bond motifs is 1. The molecule has 0 aliphatic carbocycles. The van der Waals surface area contributed by atoms with Crippen molar-refractivity contribution < 1.29 is 18.3 Å². The monoisotopic (exact) mass is 428 g/mol. The highest BCUT2D eigenvalue weighted by atomic mass is 32.1. The van der Waals surface area contributed by atoms with E-state index in [9.17, 15) is 18.3 Å². The van der Waals surface area contributed by atoms with E-state index in [0.717, 1.165) is 31.7 Å². The molecule has 0 amide bonds. The molecule has 1 unspecified atom stereocenters. The lowest BCUT2D eigenvalue weighted by Gasteiger charge is -2.14. The van der Waals surface area contributed by atoms with E-state index < -0.39 is 18.0 Å². The Labute approximate surface area is 168 Å². The SMILES string of the molecule is CN=C(NCCc1nc(C(F)(F)F)cs1)NCC(O)c1cc2ccccc2s1. The van der Waals surface area contributed by atoms with Crippen LogP contribution in [0.3, 0.4) is 0 Å². The molecule has 0 bridgehead atoms. The number of alkyl halides is 3. The Hall–Kier alpha value is -2.17. The van der Waals surface area contributed by atoms with Crippen LogP contribution < -0.4 is 10.6 Å². The van der Waals surface area contributed by atoms with Crippen LogP contribution in [-0.4, -0.2) is 36.2 Å². The van der Waals surface area contributed by atoms with Crippen molar-refractivity contribution in [2.75, 3.05) is 20.1 Å². The predicted molar refractivity (Wildman–Crippen MR) is 107 cm³/mol. The van der Waals surface area contributed by atoms with Gasteiger partial charge in [0.2, 0.25) is 0 Å². The molecule has 150 valence electrons. The first kappa shape index (κ1) is 20.6. The van der Waals surface area contributed by atoms with Gasteiger partial charge in [-0.1, -0.05) is 18.2 Å². The summed E-state index contributed by atoms with van der Waals surface area (Å²) in [7, 11) is 1.59. The van der Waals surface area contributed by atoms with Crippen LogP contribution in [0.2, 0.25) is 0 Å². The van der Waals surface area contributed by atoms with Crippen molar-refractivity contribution in [1.82, 2.24) is 15.6 Å². The molecule has 2 heterocycles. The first-order valence-corrected chi connectivity index (χ1v) is 10.2. The first-order chi connectivity index (χ1) is 13.4. The number of nitrogens with zero attached hydrogens (tertiary/aromatic N) is 2. The molecule has 3 rings (SSSR count). The second kappa shape index (κ2) is 8.89. The first-order valence-electron chi connectivity index (χ1n) is 8.49. The normalized spacial score (nSPS) is 13.7. The zero-order chi connectivity index (χ0) is 20.1. The number of halogens is 3. The third-order valence-corrected chi connectivity index (χ3v) is 6.06. The van der Waals surface area contributed by atoms with Crippen molar-refractivity contribution in [2.45, 2.75) is 18.7 Å². The fraction of sp³-hybridized carbons (Fsp3) is 0.333. The lowest BCUT2D eigenvalue weighted by atomic mass is 10.2. The Morgan fingerprint density at radius 3 is 2.75 bits per heavy atom. The van der Waals surface area contributed by atoms with Gasteiger partial charge >= 0.3 is 6.18 Å². The van der Waals surface area contributed by atoms with Crippen molar-refractivity contribution in [3.8, 4) is 0 Å². The number of guanidine groups is 1. The quantitative estimate of drug-likeness (QED) is 0.412. The maximum Gasteiger partial charge on any atom is 0.434 e. The molecule has 0 saturated heterocycles. The summed E-state index contributed by atoms with van der Waals surface area (Å²) in [6.45, 7) is 0.644. The number of thiazole rings is 1. The Balaban J connectivity index is 1.47. The summed E-state index contributed by atoms with van der Waals surface area (Å²) >= 11 is 2.52. The van der Waals surface area contributed by atoms with Gasteiger partial charge in [0.05, 0.1) is 5.01 Å². The van der Waals surface area contributed by atoms with Crippen molar-refractivity contribution in [1.29, 1.82) is 0 Å². The molecule has 3 aromatic rings. The molecule has 0 aliphatic heterocycles. The molecule has 0 radical (unpaired) electrons. The van der Waals surface area contributed by atoms with Gasteiger partial charge in [-0.3, -0.25) is 4.99 Å². The van der Waals surface area contributed by atoms with E-state index in [1.807, 2.05) is 30.3 Å². The average Bonchev–Trinajstić information content (AvgIpc) is 3.30. The topological polar surface area (TPSA) is 69.5 Å². The number of aliphatic hydroxyl groups is 1. The second-order valence-corrected chi connectivity index (χ2v) is 8.01. The number of aromatic nitrogens is 1. The molecule has 28 heavy (non-hydrogen) atoms. The third kappa shape index (κ3) is 5.21. The molecule has 0 aliphatic rings. The number of aliphatic hydroxyl groups excluding tert-OH is 1. The molecule has 0 fully saturated rings. The van der Waals surface area contributed by atoms with Crippen LogP contribution in [0.1, 0.15) is 21.7 Å². The summed E-state index contributed by atoms with van der Waals surface area (Å²) in [6.07, 6.45) is -4.76. The number of hydrogen-bond donors (Lipinski definition) is 3. The van der Waals surface area contributed by atoms with Crippen molar-refractivity contribution >= 4 is 38.7 Å². The lowest BCUT2D eigenvalue weighted by Crippen LogP contribution is -2.40. The Morgan fingerprint density at radius 2 is 2.07 bits per heavy atom. The minimum atomic E-state index is -4.41. The molecule has 5 nitrogen and oxygen atoms in total. The van der Waals surface area contributed by atoms with Crippen LogP contribution >= 0.6 is 22.7 Å². The van der Waals surface area contributed by atoms with E-state index in [0.29, 0.717) is 23.9 Å². The van der Waals surface area contributed by atoms with Gasteiger partial charge in [0, 0.05) is 41.5 Å². The molecule has 0 saturated carbocycles. The Kier molecular flexibility index (Phi) is 6.53. The minimum Gasteiger partial charge on any atom is -0.386 e. The number of nitrogens with one attached hydrogen (secondary N) is 2. The van der Waals surface area contributed by atoms with Crippen LogP contribution in [0.4, 0.5) is 13.2 Å². The summed E-state index contributed by atoms with van der Waals surface area (Å²) in [5.74, 6) is 0.466. The van der Waals surface area contributed by atoms with Crippen LogP contribution in [0.25, 0.3) is 10.1 Å². The highest BCUT2D eigenvalue weighted by molar-refractivity contribution is 7.19. The number of hydrogen-bond acceptors (Lipinski definition) is 5. The highest BCUT2D eigenvalue weighted by Crippen LogP contribution is 2.30. The van der Waals surface area contributed by atoms with Gasteiger partial charge in [-0.05, 0) is 17.5 Å². The van der Waals surface area contributed by atoms with E-state index in [2.05, 4.69) is 20.6 Å². The summed E-state index contributed by atoms with van der Waals surface area (Å²) in [6, 6.07) is 9.88. The van der Waals surface area contributed by atoms with Gasteiger partial charge in [0.15, 0.2) is 11.7 Å². The predicted octanol–water partition coefficient (Wildman–Crippen LogP) is 3.82. The van der Waals surface area contributed by atoms with Gasteiger partial charge in [-0.2, -0.15) is 13.2 Å². The standard InChI is InChI=1S/C18H19F3N4OS2/c1-22-17(23-7-6-16-25-15(10-27-16)18(19,20)21)24-9-12(26)14-8-11-4-2-3-5-13(11)28-14/h2-5,8,10,12,26H,6-7,9H2,1H3,(H2,22,23,24). The summed E-state index contributed by atoms with van der Waals surface area (Å²) in [4.78, 5) is 8.51. The van der Waals surface area contributed by atoms with Gasteiger partial charge in [0.25, 0.3) is 0 Å². The smallest absolute Gasteiger partial charge is 0.386 e. The molecular weight excluding hydrogens is 409 g/mol. The van der Waals surface area contributed by atoms with Crippen LogP contribution in [0.5, 0.6) is 0 Å². The molecule has 1 aromatic carbocycles. The van der Waals surface area contributed by atoms with Crippen molar-refractivity contribution in [3.63, 3.8) is 0 Å². The van der Waals surface area contributed by atoms with Crippen molar-refractivity contribution in [3.05, 3.63) is 51.3 Å². The second-order valence-electron chi connectivity index (χ2n) is 5.96. The maximum absolute atomic E-state index is 12.6. The average molecular weight is 429 g/mol. The van der Waals surface area contributed by atoms with Crippen LogP contribution in [-0.2, 0) is 12.6 Å². The number of thiophene rings is 1. The van der Waals surface area contributed by atoms with Gasteiger partial charge in [0.1, 0.15) is 6.10 Å². The van der Waals surface area contributed by atoms with E-state index in [-0.39, 0.29) is 6.54 Å². The fourth-order valence-corrected chi connectivity index (χ4v) is 4.38. The highest BCUT2D eigenvalue weighted by Gasteiger charge is 2.33.